The monoisotopic (exact) mass is 427 g/mol. The third kappa shape index (κ3) is 5.29. The summed E-state index contributed by atoms with van der Waals surface area (Å²) in [7, 11) is 0. The van der Waals surface area contributed by atoms with Crippen molar-refractivity contribution in [2.24, 2.45) is 0 Å². The van der Waals surface area contributed by atoms with Gasteiger partial charge in [-0.05, 0) is 66.6 Å². The highest BCUT2D eigenvalue weighted by Gasteiger charge is 2.12. The average molecular weight is 428 g/mol. The number of anilines is 1. The Labute approximate surface area is 184 Å². The zero-order valence-corrected chi connectivity index (χ0v) is 17.8. The van der Waals surface area contributed by atoms with Gasteiger partial charge in [0.05, 0.1) is 0 Å². The van der Waals surface area contributed by atoms with Crippen LogP contribution in [-0.2, 0) is 5.75 Å². The molecular formula is C25H21N3O2S. The highest BCUT2D eigenvalue weighted by Crippen LogP contribution is 2.24. The van der Waals surface area contributed by atoms with Crippen molar-refractivity contribution in [3.63, 3.8) is 0 Å². The lowest BCUT2D eigenvalue weighted by Crippen LogP contribution is -2.23. The average Bonchev–Trinajstić information content (AvgIpc) is 2.79. The summed E-state index contributed by atoms with van der Waals surface area (Å²) in [6.45, 7) is 1.99. The number of rotatable bonds is 6. The molecule has 1 amide bonds. The topological polar surface area (TPSA) is 74.8 Å². The number of nitrogens with one attached hydrogen (secondary N) is 2. The Morgan fingerprint density at radius 3 is 2.58 bits per heavy atom. The Morgan fingerprint density at radius 2 is 1.87 bits per heavy atom. The molecule has 0 atom stereocenters. The third-order valence-corrected chi connectivity index (χ3v) is 5.81. The fourth-order valence-electron chi connectivity index (χ4n) is 3.12. The minimum Gasteiger partial charge on any atom is -0.322 e. The molecule has 0 saturated carbocycles. The summed E-state index contributed by atoms with van der Waals surface area (Å²) in [6, 6.07) is 22.7. The maximum Gasteiger partial charge on any atom is 0.261 e. The summed E-state index contributed by atoms with van der Waals surface area (Å²) in [5.74, 6) is 0.384. The zero-order valence-electron chi connectivity index (χ0n) is 17.0. The molecule has 0 aliphatic heterocycles. The van der Waals surface area contributed by atoms with Gasteiger partial charge in [-0.3, -0.25) is 14.6 Å². The number of aromatic nitrogens is 2. The van der Waals surface area contributed by atoms with E-state index in [1.165, 1.54) is 0 Å². The van der Waals surface area contributed by atoms with Gasteiger partial charge in [0.2, 0.25) is 0 Å². The van der Waals surface area contributed by atoms with E-state index in [4.69, 9.17) is 0 Å². The van der Waals surface area contributed by atoms with Crippen molar-refractivity contribution in [2.75, 3.05) is 5.32 Å². The van der Waals surface area contributed by atoms with Gasteiger partial charge < -0.3 is 10.3 Å². The minimum atomic E-state index is -0.437. The van der Waals surface area contributed by atoms with Gasteiger partial charge in [-0.1, -0.05) is 29.8 Å². The molecule has 0 unspecified atom stereocenters. The van der Waals surface area contributed by atoms with E-state index in [1.807, 2.05) is 73.8 Å². The first kappa shape index (κ1) is 20.6. The molecule has 0 spiro atoms. The number of aryl methyl sites for hydroxylation is 1. The van der Waals surface area contributed by atoms with Crippen LogP contribution in [-0.4, -0.2) is 15.9 Å². The number of nitrogens with zero attached hydrogens (tertiary/aromatic N) is 1. The number of carbonyl (C=O) groups is 1. The molecule has 6 heteroatoms. The number of aromatic amines is 1. The van der Waals surface area contributed by atoms with E-state index in [-0.39, 0.29) is 5.56 Å². The highest BCUT2D eigenvalue weighted by atomic mass is 32.2. The second-order valence-corrected chi connectivity index (χ2v) is 8.16. The van der Waals surface area contributed by atoms with Gasteiger partial charge in [-0.25, -0.2) is 0 Å². The first-order valence-electron chi connectivity index (χ1n) is 9.82. The van der Waals surface area contributed by atoms with Gasteiger partial charge in [0.1, 0.15) is 5.56 Å². The van der Waals surface area contributed by atoms with E-state index in [9.17, 15) is 9.59 Å². The Balaban J connectivity index is 1.41. The summed E-state index contributed by atoms with van der Waals surface area (Å²) < 4.78 is 0. The fraction of sp³-hybridized carbons (Fsp3) is 0.0800. The van der Waals surface area contributed by atoms with Crippen LogP contribution >= 0.6 is 11.8 Å². The molecule has 2 N–H and O–H groups in total. The molecule has 4 rings (SSSR count). The largest absolute Gasteiger partial charge is 0.322 e. The molecule has 5 nitrogen and oxygen atoms in total. The Bertz CT molecular complexity index is 1250. The molecule has 0 aliphatic rings. The number of hydrogen-bond acceptors (Lipinski definition) is 4. The van der Waals surface area contributed by atoms with Crippen molar-refractivity contribution in [1.82, 2.24) is 9.97 Å². The highest BCUT2D eigenvalue weighted by molar-refractivity contribution is 7.98. The minimum absolute atomic E-state index is 0.0754. The second-order valence-electron chi connectivity index (χ2n) is 7.11. The third-order valence-electron chi connectivity index (χ3n) is 4.72. The van der Waals surface area contributed by atoms with Crippen molar-refractivity contribution in [2.45, 2.75) is 17.6 Å². The summed E-state index contributed by atoms with van der Waals surface area (Å²) in [5.41, 5.74) is 4.13. The SMILES string of the molecule is Cc1cccc(-c2ccc(C(=O)Nc3ccc(SCc4cccnc4)cc3)c(=O)[nH]2)c1. The van der Waals surface area contributed by atoms with Crippen LogP contribution in [0, 0.1) is 6.92 Å². The maximum atomic E-state index is 12.6. The smallest absolute Gasteiger partial charge is 0.261 e. The molecule has 0 aliphatic carbocycles. The van der Waals surface area contributed by atoms with E-state index in [2.05, 4.69) is 15.3 Å². The Hall–Kier alpha value is -3.64. The second kappa shape index (κ2) is 9.45. The molecule has 2 heterocycles. The van der Waals surface area contributed by atoms with E-state index >= 15 is 0 Å². The fourth-order valence-corrected chi connectivity index (χ4v) is 3.95. The zero-order chi connectivity index (χ0) is 21.6. The molecule has 0 fully saturated rings. The quantitative estimate of drug-likeness (QED) is 0.410. The standard InChI is InChI=1S/C25H21N3O2S/c1-17-4-2-6-19(14-17)23-12-11-22(25(30)28-23)24(29)27-20-7-9-21(10-8-20)31-16-18-5-3-13-26-15-18/h2-15H,16H2,1H3,(H,27,29)(H,28,30). The van der Waals surface area contributed by atoms with Crippen LogP contribution in [0.3, 0.4) is 0 Å². The van der Waals surface area contributed by atoms with E-state index < -0.39 is 11.5 Å². The molecule has 0 bridgehead atoms. The van der Waals surface area contributed by atoms with Crippen LogP contribution < -0.4 is 10.9 Å². The molecule has 2 aromatic heterocycles. The van der Waals surface area contributed by atoms with Crippen LogP contribution in [0.1, 0.15) is 21.5 Å². The molecule has 31 heavy (non-hydrogen) atoms. The first-order valence-corrected chi connectivity index (χ1v) is 10.8. The predicted molar refractivity (Wildman–Crippen MR) is 125 cm³/mol. The molecule has 2 aromatic carbocycles. The molecule has 154 valence electrons. The van der Waals surface area contributed by atoms with Crippen molar-refractivity contribution in [3.05, 3.63) is 112 Å². The number of carbonyl (C=O) groups excluding carboxylic acids is 1. The summed E-state index contributed by atoms with van der Waals surface area (Å²) in [6.07, 6.45) is 3.61. The van der Waals surface area contributed by atoms with Gasteiger partial charge >= 0.3 is 0 Å². The maximum absolute atomic E-state index is 12.6. The van der Waals surface area contributed by atoms with E-state index in [0.717, 1.165) is 27.3 Å². The van der Waals surface area contributed by atoms with Crippen molar-refractivity contribution in [1.29, 1.82) is 0 Å². The molecule has 0 radical (unpaired) electrons. The molecular weight excluding hydrogens is 406 g/mol. The van der Waals surface area contributed by atoms with Gasteiger partial charge in [-0.15, -0.1) is 11.8 Å². The molecule has 4 aromatic rings. The lowest BCUT2D eigenvalue weighted by atomic mass is 10.1. The number of benzene rings is 2. The number of thioether (sulfide) groups is 1. The van der Waals surface area contributed by atoms with Crippen molar-refractivity contribution in [3.8, 4) is 11.3 Å². The predicted octanol–water partition coefficient (Wildman–Crippen LogP) is 5.29. The van der Waals surface area contributed by atoms with Crippen molar-refractivity contribution >= 4 is 23.4 Å². The van der Waals surface area contributed by atoms with Crippen LogP contribution in [0.2, 0.25) is 0 Å². The summed E-state index contributed by atoms with van der Waals surface area (Å²) in [5, 5.41) is 2.79. The van der Waals surface area contributed by atoms with Crippen LogP contribution in [0.5, 0.6) is 0 Å². The normalized spacial score (nSPS) is 10.6. The van der Waals surface area contributed by atoms with E-state index in [1.54, 1.807) is 30.1 Å². The number of pyridine rings is 2. The van der Waals surface area contributed by atoms with Gasteiger partial charge in [0, 0.05) is 34.4 Å². The van der Waals surface area contributed by atoms with Crippen molar-refractivity contribution < 1.29 is 4.79 Å². The van der Waals surface area contributed by atoms with Gasteiger partial charge in [-0.2, -0.15) is 0 Å². The summed E-state index contributed by atoms with van der Waals surface area (Å²) >= 11 is 1.69. The Kier molecular flexibility index (Phi) is 6.29. The first-order chi connectivity index (χ1) is 15.1. The number of hydrogen-bond donors (Lipinski definition) is 2. The van der Waals surface area contributed by atoms with Crippen LogP contribution in [0.15, 0.2) is 94.9 Å². The van der Waals surface area contributed by atoms with Gasteiger partial charge in [0.25, 0.3) is 11.5 Å². The Morgan fingerprint density at radius 1 is 1.03 bits per heavy atom. The lowest BCUT2D eigenvalue weighted by molar-refractivity contribution is 0.102. The number of H-pyrrole nitrogens is 1. The van der Waals surface area contributed by atoms with Crippen LogP contribution in [0.25, 0.3) is 11.3 Å². The lowest BCUT2D eigenvalue weighted by Gasteiger charge is -2.08. The summed E-state index contributed by atoms with van der Waals surface area (Å²) in [4.78, 5) is 33.1. The van der Waals surface area contributed by atoms with Crippen LogP contribution in [0.4, 0.5) is 5.69 Å². The van der Waals surface area contributed by atoms with Gasteiger partial charge in [0.15, 0.2) is 0 Å². The molecule has 0 saturated heterocycles. The van der Waals surface area contributed by atoms with E-state index in [0.29, 0.717) is 11.4 Å². The number of amides is 1.